The van der Waals surface area contributed by atoms with E-state index in [1.165, 1.54) is 37.7 Å². The Morgan fingerprint density at radius 2 is 2.19 bits per heavy atom. The summed E-state index contributed by atoms with van der Waals surface area (Å²) in [6, 6.07) is 7.14. The average Bonchev–Trinajstić information content (AvgIpc) is 3.10. The summed E-state index contributed by atoms with van der Waals surface area (Å²) in [6.07, 6.45) is 6.56. The van der Waals surface area contributed by atoms with Crippen molar-refractivity contribution < 1.29 is 0 Å². The number of aryl methyl sites for hydroxylation is 1. The molecule has 2 aliphatic rings. The molecule has 86 valence electrons. The molecular weight excluding hydrogens is 194 g/mol. The van der Waals surface area contributed by atoms with Crippen molar-refractivity contribution in [2.45, 2.75) is 50.4 Å². The molecule has 0 heterocycles. The van der Waals surface area contributed by atoms with Gasteiger partial charge in [-0.3, -0.25) is 0 Å². The molecule has 0 aliphatic heterocycles. The second kappa shape index (κ2) is 3.59. The molecule has 2 aliphatic carbocycles. The second-order valence-corrected chi connectivity index (χ2v) is 5.69. The fourth-order valence-corrected chi connectivity index (χ4v) is 3.13. The van der Waals surface area contributed by atoms with E-state index in [2.05, 4.69) is 25.1 Å². The maximum absolute atomic E-state index is 5.91. The van der Waals surface area contributed by atoms with Gasteiger partial charge in [0, 0.05) is 12.0 Å². The van der Waals surface area contributed by atoms with Crippen LogP contribution in [0.25, 0.3) is 0 Å². The molecule has 1 atom stereocenters. The number of nitrogens with two attached hydrogens (primary N) is 1. The first-order valence-electron chi connectivity index (χ1n) is 6.58. The summed E-state index contributed by atoms with van der Waals surface area (Å²) in [7, 11) is 0. The molecule has 1 heteroatoms. The molecule has 1 saturated carbocycles. The van der Waals surface area contributed by atoms with E-state index in [0.29, 0.717) is 5.41 Å². The molecule has 1 unspecified atom stereocenters. The fraction of sp³-hybridized carbons (Fsp3) is 0.600. The van der Waals surface area contributed by atoms with Crippen LogP contribution >= 0.6 is 0 Å². The van der Waals surface area contributed by atoms with Gasteiger partial charge in [-0.2, -0.15) is 0 Å². The highest BCUT2D eigenvalue weighted by atomic mass is 14.7. The highest BCUT2D eigenvalue weighted by molar-refractivity contribution is 5.41. The van der Waals surface area contributed by atoms with Gasteiger partial charge in [-0.25, -0.2) is 0 Å². The summed E-state index contributed by atoms with van der Waals surface area (Å²) in [5, 5.41) is 0. The molecule has 0 radical (unpaired) electrons. The molecule has 0 amide bonds. The van der Waals surface area contributed by atoms with E-state index in [1.54, 1.807) is 11.1 Å². The summed E-state index contributed by atoms with van der Waals surface area (Å²) >= 11 is 0. The van der Waals surface area contributed by atoms with Crippen LogP contribution in [0.3, 0.4) is 0 Å². The number of hydrogen-bond acceptors (Lipinski definition) is 1. The predicted molar refractivity (Wildman–Crippen MR) is 67.8 cm³/mol. The molecule has 1 aromatic carbocycles. The molecule has 0 aromatic heterocycles. The quantitative estimate of drug-likeness (QED) is 0.806. The molecule has 0 saturated heterocycles. The zero-order valence-corrected chi connectivity index (χ0v) is 10.1. The first kappa shape index (κ1) is 10.3. The molecule has 1 nitrogen and oxygen atoms in total. The molecule has 16 heavy (non-hydrogen) atoms. The maximum atomic E-state index is 5.91. The second-order valence-electron chi connectivity index (χ2n) is 5.69. The molecule has 1 fully saturated rings. The summed E-state index contributed by atoms with van der Waals surface area (Å²) < 4.78 is 0. The Labute approximate surface area is 98.0 Å². The van der Waals surface area contributed by atoms with Crippen molar-refractivity contribution >= 4 is 0 Å². The SMILES string of the molecule is CC1CCCc2ccc(C3(CN)CC3)cc21. The first-order chi connectivity index (χ1) is 7.75. The van der Waals surface area contributed by atoms with Crippen LogP contribution in [0.4, 0.5) is 0 Å². The van der Waals surface area contributed by atoms with Gasteiger partial charge >= 0.3 is 0 Å². The number of hydrogen-bond donors (Lipinski definition) is 1. The lowest BCUT2D eigenvalue weighted by molar-refractivity contribution is 0.586. The van der Waals surface area contributed by atoms with Crippen LogP contribution in [0, 0.1) is 0 Å². The van der Waals surface area contributed by atoms with E-state index in [1.807, 2.05) is 0 Å². The third kappa shape index (κ3) is 1.49. The molecule has 3 rings (SSSR count). The average molecular weight is 215 g/mol. The highest BCUT2D eigenvalue weighted by Gasteiger charge is 2.43. The maximum Gasteiger partial charge on any atom is 0.00763 e. The van der Waals surface area contributed by atoms with Gasteiger partial charge in [0.15, 0.2) is 0 Å². The Balaban J connectivity index is 2.01. The smallest absolute Gasteiger partial charge is 0.00763 e. The molecule has 1 aromatic rings. The van der Waals surface area contributed by atoms with E-state index in [4.69, 9.17) is 5.73 Å². The van der Waals surface area contributed by atoms with Crippen molar-refractivity contribution in [3.05, 3.63) is 34.9 Å². The van der Waals surface area contributed by atoms with Crippen LogP contribution in [0.15, 0.2) is 18.2 Å². The largest absolute Gasteiger partial charge is 0.330 e. The van der Waals surface area contributed by atoms with E-state index < -0.39 is 0 Å². The first-order valence-corrected chi connectivity index (χ1v) is 6.58. The van der Waals surface area contributed by atoms with Gasteiger partial charge in [0.25, 0.3) is 0 Å². The van der Waals surface area contributed by atoms with Gasteiger partial charge < -0.3 is 5.73 Å². The van der Waals surface area contributed by atoms with Crippen LogP contribution in [0.1, 0.15) is 55.2 Å². The number of benzene rings is 1. The highest BCUT2D eigenvalue weighted by Crippen LogP contribution is 2.48. The Morgan fingerprint density at radius 3 is 2.88 bits per heavy atom. The Hall–Kier alpha value is -0.820. The van der Waals surface area contributed by atoms with Crippen LogP contribution in [0.2, 0.25) is 0 Å². The van der Waals surface area contributed by atoms with Crippen molar-refractivity contribution in [1.29, 1.82) is 0 Å². The van der Waals surface area contributed by atoms with E-state index in [9.17, 15) is 0 Å². The zero-order valence-electron chi connectivity index (χ0n) is 10.1. The molecular formula is C15H21N. The minimum atomic E-state index is 0.353. The summed E-state index contributed by atoms with van der Waals surface area (Å²) in [4.78, 5) is 0. The van der Waals surface area contributed by atoms with Crippen LogP contribution in [-0.4, -0.2) is 6.54 Å². The third-order valence-corrected chi connectivity index (χ3v) is 4.62. The van der Waals surface area contributed by atoms with Gasteiger partial charge in [0.05, 0.1) is 0 Å². The topological polar surface area (TPSA) is 26.0 Å². The van der Waals surface area contributed by atoms with Crippen molar-refractivity contribution in [3.63, 3.8) is 0 Å². The molecule has 2 N–H and O–H groups in total. The summed E-state index contributed by atoms with van der Waals surface area (Å²) in [5.41, 5.74) is 10.9. The summed E-state index contributed by atoms with van der Waals surface area (Å²) in [6.45, 7) is 3.18. The zero-order chi connectivity index (χ0) is 11.2. The molecule has 0 bridgehead atoms. The van der Waals surface area contributed by atoms with E-state index >= 15 is 0 Å². The van der Waals surface area contributed by atoms with Crippen molar-refractivity contribution in [2.75, 3.05) is 6.54 Å². The Morgan fingerprint density at radius 1 is 1.38 bits per heavy atom. The van der Waals surface area contributed by atoms with Crippen LogP contribution in [-0.2, 0) is 11.8 Å². The van der Waals surface area contributed by atoms with E-state index in [0.717, 1.165) is 12.5 Å². The van der Waals surface area contributed by atoms with Gasteiger partial charge in [0.2, 0.25) is 0 Å². The van der Waals surface area contributed by atoms with Gasteiger partial charge in [-0.1, -0.05) is 25.1 Å². The van der Waals surface area contributed by atoms with Crippen molar-refractivity contribution in [2.24, 2.45) is 5.73 Å². The number of fused-ring (bicyclic) bond motifs is 1. The third-order valence-electron chi connectivity index (χ3n) is 4.62. The lowest BCUT2D eigenvalue weighted by Crippen LogP contribution is -2.20. The minimum Gasteiger partial charge on any atom is -0.330 e. The van der Waals surface area contributed by atoms with Crippen LogP contribution < -0.4 is 5.73 Å². The van der Waals surface area contributed by atoms with Gasteiger partial charge in [0.1, 0.15) is 0 Å². The van der Waals surface area contributed by atoms with Crippen molar-refractivity contribution in [3.8, 4) is 0 Å². The minimum absolute atomic E-state index is 0.353. The fourth-order valence-electron chi connectivity index (χ4n) is 3.13. The van der Waals surface area contributed by atoms with Gasteiger partial charge in [-0.15, -0.1) is 0 Å². The molecule has 0 spiro atoms. The lowest BCUT2D eigenvalue weighted by Gasteiger charge is -2.24. The Bertz CT molecular complexity index is 404. The standard InChI is InChI=1S/C15H21N/c1-11-3-2-4-12-5-6-13(9-14(11)12)15(10-16)7-8-15/h5-6,9,11H,2-4,7-8,10,16H2,1H3. The van der Waals surface area contributed by atoms with E-state index in [-0.39, 0.29) is 0 Å². The van der Waals surface area contributed by atoms with Crippen molar-refractivity contribution in [1.82, 2.24) is 0 Å². The predicted octanol–water partition coefficient (Wildman–Crippen LogP) is 3.12. The lowest BCUT2D eigenvalue weighted by atomic mass is 9.81. The monoisotopic (exact) mass is 215 g/mol. The van der Waals surface area contributed by atoms with Crippen LogP contribution in [0.5, 0.6) is 0 Å². The number of rotatable bonds is 2. The van der Waals surface area contributed by atoms with Gasteiger partial charge in [-0.05, 0) is 54.7 Å². The summed E-state index contributed by atoms with van der Waals surface area (Å²) in [5.74, 6) is 0.747. The Kier molecular flexibility index (Phi) is 2.32. The normalized spacial score (nSPS) is 26.2.